The lowest BCUT2D eigenvalue weighted by Gasteiger charge is -2.15. The van der Waals surface area contributed by atoms with Gasteiger partial charge in [0, 0.05) is 31.3 Å². The summed E-state index contributed by atoms with van der Waals surface area (Å²) in [6.07, 6.45) is -2.83. The van der Waals surface area contributed by atoms with Crippen molar-refractivity contribution in [2.75, 3.05) is 10.6 Å². The summed E-state index contributed by atoms with van der Waals surface area (Å²) in [5.41, 5.74) is -0.892. The quantitative estimate of drug-likeness (QED) is 0.564. The summed E-state index contributed by atoms with van der Waals surface area (Å²) in [6.45, 7) is 0. The molecule has 32 heavy (non-hydrogen) atoms. The van der Waals surface area contributed by atoms with E-state index in [0.29, 0.717) is 0 Å². The van der Waals surface area contributed by atoms with Gasteiger partial charge in [-0.25, -0.2) is 18.4 Å². The van der Waals surface area contributed by atoms with Crippen LogP contribution in [0.15, 0.2) is 30.6 Å². The van der Waals surface area contributed by atoms with Crippen molar-refractivity contribution in [3.05, 3.63) is 42.0 Å². The summed E-state index contributed by atoms with van der Waals surface area (Å²) in [7, 11) is 0. The van der Waals surface area contributed by atoms with E-state index in [1.807, 2.05) is 6.07 Å². The van der Waals surface area contributed by atoms with Gasteiger partial charge in [0.05, 0.1) is 5.69 Å². The summed E-state index contributed by atoms with van der Waals surface area (Å²) in [6, 6.07) is 5.06. The van der Waals surface area contributed by atoms with Crippen molar-refractivity contribution < 1.29 is 22.0 Å². The van der Waals surface area contributed by atoms with Crippen LogP contribution in [0.1, 0.15) is 30.7 Å². The Balaban J connectivity index is 1.70. The molecule has 3 heterocycles. The second-order valence-corrected chi connectivity index (χ2v) is 7.00. The van der Waals surface area contributed by atoms with E-state index in [-0.39, 0.29) is 42.1 Å². The Morgan fingerprint density at radius 1 is 1.16 bits per heavy atom. The van der Waals surface area contributed by atoms with Crippen LogP contribution in [-0.4, -0.2) is 41.7 Å². The van der Waals surface area contributed by atoms with Gasteiger partial charge in [-0.2, -0.15) is 38.5 Å². The molecule has 1 saturated carbocycles. The fraction of sp³-hybridized carbons (Fsp3) is 0.333. The van der Waals surface area contributed by atoms with Crippen LogP contribution in [0.3, 0.4) is 0 Å². The second kappa shape index (κ2) is 7.98. The molecular weight excluding hydrogens is 437 g/mol. The van der Waals surface area contributed by atoms with Gasteiger partial charge in [-0.3, -0.25) is 0 Å². The van der Waals surface area contributed by atoms with Gasteiger partial charge in [0.1, 0.15) is 6.07 Å². The Morgan fingerprint density at radius 3 is 2.59 bits per heavy atom. The van der Waals surface area contributed by atoms with Gasteiger partial charge in [0.2, 0.25) is 17.8 Å². The molecule has 4 rings (SSSR count). The van der Waals surface area contributed by atoms with Crippen LogP contribution in [0.2, 0.25) is 0 Å². The zero-order valence-corrected chi connectivity index (χ0v) is 16.1. The molecule has 14 heteroatoms. The first-order valence-electron chi connectivity index (χ1n) is 9.29. The Kier molecular flexibility index (Phi) is 5.33. The van der Waals surface area contributed by atoms with Crippen LogP contribution in [0.25, 0.3) is 5.95 Å². The summed E-state index contributed by atoms with van der Waals surface area (Å²) in [4.78, 5) is 16.1. The van der Waals surface area contributed by atoms with Crippen molar-refractivity contribution in [3.63, 3.8) is 0 Å². The molecule has 1 aliphatic carbocycles. The number of rotatable bonds is 5. The third kappa shape index (κ3) is 4.71. The average Bonchev–Trinajstić information content (AvgIpc) is 3.35. The van der Waals surface area contributed by atoms with Crippen LogP contribution >= 0.6 is 0 Å². The van der Waals surface area contributed by atoms with Crippen molar-refractivity contribution >= 4 is 17.6 Å². The Morgan fingerprint density at radius 2 is 1.94 bits per heavy atom. The molecule has 0 aliphatic heterocycles. The van der Waals surface area contributed by atoms with Crippen molar-refractivity contribution in [2.24, 2.45) is 0 Å². The molecular formula is C18H14F5N9. The molecule has 166 valence electrons. The number of nitriles is 1. The molecule has 0 radical (unpaired) electrons. The van der Waals surface area contributed by atoms with Crippen LogP contribution in [-0.2, 0) is 6.18 Å². The number of hydrogen-bond acceptors (Lipinski definition) is 8. The SMILES string of the molecule is N#Cc1ncccc1Nc1nc(NC2CCC(F)(F)C2)nc(-n2ccc(C(F)(F)F)n2)n1. The number of alkyl halides is 5. The van der Waals surface area contributed by atoms with Gasteiger partial charge in [-0.05, 0) is 24.6 Å². The number of hydrogen-bond donors (Lipinski definition) is 2. The maximum absolute atomic E-state index is 13.5. The van der Waals surface area contributed by atoms with Crippen molar-refractivity contribution in [1.29, 1.82) is 5.26 Å². The van der Waals surface area contributed by atoms with Gasteiger partial charge in [-0.15, -0.1) is 0 Å². The highest BCUT2D eigenvalue weighted by Gasteiger charge is 2.40. The van der Waals surface area contributed by atoms with Crippen LogP contribution in [0, 0.1) is 11.3 Å². The highest BCUT2D eigenvalue weighted by atomic mass is 19.4. The zero-order chi connectivity index (χ0) is 22.9. The normalized spacial score (nSPS) is 17.7. The molecule has 0 amide bonds. The summed E-state index contributed by atoms with van der Waals surface area (Å²) >= 11 is 0. The van der Waals surface area contributed by atoms with Gasteiger partial charge < -0.3 is 10.6 Å². The fourth-order valence-corrected chi connectivity index (χ4v) is 3.15. The van der Waals surface area contributed by atoms with E-state index < -0.39 is 30.3 Å². The largest absolute Gasteiger partial charge is 0.435 e. The minimum Gasteiger partial charge on any atom is -0.351 e. The van der Waals surface area contributed by atoms with E-state index in [9.17, 15) is 27.2 Å². The predicted molar refractivity (Wildman–Crippen MR) is 100 cm³/mol. The first-order chi connectivity index (χ1) is 15.1. The maximum Gasteiger partial charge on any atom is 0.435 e. The van der Waals surface area contributed by atoms with Crippen LogP contribution in [0.5, 0.6) is 0 Å². The fourth-order valence-electron chi connectivity index (χ4n) is 3.15. The van der Waals surface area contributed by atoms with Gasteiger partial charge in [-0.1, -0.05) is 0 Å². The third-order valence-corrected chi connectivity index (χ3v) is 4.60. The van der Waals surface area contributed by atoms with E-state index in [2.05, 4.69) is 35.7 Å². The molecule has 1 atom stereocenters. The summed E-state index contributed by atoms with van der Waals surface area (Å²) < 4.78 is 66.7. The lowest BCUT2D eigenvalue weighted by molar-refractivity contribution is -0.141. The van der Waals surface area contributed by atoms with Gasteiger partial charge >= 0.3 is 6.18 Å². The number of pyridine rings is 1. The topological polar surface area (TPSA) is 117 Å². The molecule has 2 N–H and O–H groups in total. The van der Waals surface area contributed by atoms with E-state index in [1.165, 1.54) is 12.3 Å². The molecule has 1 unspecified atom stereocenters. The smallest absolute Gasteiger partial charge is 0.351 e. The van der Waals surface area contributed by atoms with Crippen molar-refractivity contribution in [1.82, 2.24) is 29.7 Å². The monoisotopic (exact) mass is 451 g/mol. The lowest BCUT2D eigenvalue weighted by atomic mass is 10.2. The molecule has 9 nitrogen and oxygen atoms in total. The standard InChI is InChI=1S/C18H14F5N9/c19-17(20)5-3-10(8-17)26-14-28-15(27-11-2-1-6-25-12(11)9-24)30-16(29-14)32-7-4-13(31-32)18(21,22)23/h1-2,4,6-7,10H,3,5,8H2,(H2,26,27,28,29,30). The molecule has 0 saturated heterocycles. The minimum atomic E-state index is -4.67. The molecule has 3 aromatic rings. The van der Waals surface area contributed by atoms with E-state index in [1.54, 1.807) is 6.07 Å². The highest BCUT2D eigenvalue weighted by molar-refractivity contribution is 5.60. The first-order valence-corrected chi connectivity index (χ1v) is 9.29. The first kappa shape index (κ1) is 21.3. The predicted octanol–water partition coefficient (Wildman–Crippen LogP) is 3.69. The third-order valence-electron chi connectivity index (χ3n) is 4.60. The van der Waals surface area contributed by atoms with Crippen LogP contribution < -0.4 is 10.6 Å². The number of nitrogens with zero attached hydrogens (tertiary/aromatic N) is 7. The zero-order valence-electron chi connectivity index (χ0n) is 16.1. The molecule has 0 bridgehead atoms. The van der Waals surface area contributed by atoms with Gasteiger partial charge in [0.25, 0.3) is 5.95 Å². The Bertz CT molecular complexity index is 1170. The van der Waals surface area contributed by atoms with Crippen molar-refractivity contribution in [2.45, 2.75) is 37.4 Å². The van der Waals surface area contributed by atoms with Crippen LogP contribution in [0.4, 0.5) is 39.5 Å². The summed E-state index contributed by atoms with van der Waals surface area (Å²) in [5.74, 6) is -3.38. The molecule has 1 fully saturated rings. The Labute approximate surface area is 177 Å². The number of anilines is 3. The molecule has 0 aromatic carbocycles. The van der Waals surface area contributed by atoms with E-state index >= 15 is 0 Å². The lowest BCUT2D eigenvalue weighted by Crippen LogP contribution is -2.21. The highest BCUT2D eigenvalue weighted by Crippen LogP contribution is 2.36. The van der Waals surface area contributed by atoms with E-state index in [0.717, 1.165) is 16.9 Å². The average molecular weight is 451 g/mol. The minimum absolute atomic E-state index is 0.0258. The number of nitrogens with one attached hydrogen (secondary N) is 2. The Hall–Kier alpha value is -3.89. The van der Waals surface area contributed by atoms with E-state index in [4.69, 9.17) is 0 Å². The summed E-state index contributed by atoms with van der Waals surface area (Å²) in [5, 5.41) is 18.1. The molecule has 3 aromatic heterocycles. The number of aromatic nitrogens is 6. The van der Waals surface area contributed by atoms with Gasteiger partial charge in [0.15, 0.2) is 11.4 Å². The second-order valence-electron chi connectivity index (χ2n) is 7.00. The molecule has 1 aliphatic rings. The number of halogens is 5. The maximum atomic E-state index is 13.5. The molecule has 0 spiro atoms. The van der Waals surface area contributed by atoms with Crippen molar-refractivity contribution in [3.8, 4) is 12.0 Å².